The molecule has 0 aliphatic carbocycles. The van der Waals surface area contributed by atoms with E-state index in [2.05, 4.69) is 20.5 Å². The largest absolute Gasteiger partial charge is 0.406 e. The van der Waals surface area contributed by atoms with Gasteiger partial charge < -0.3 is 5.32 Å². The van der Waals surface area contributed by atoms with Gasteiger partial charge >= 0.3 is 6.18 Å². The Morgan fingerprint density at radius 1 is 1.06 bits per heavy atom. The van der Waals surface area contributed by atoms with Gasteiger partial charge in [0.15, 0.2) is 0 Å². The van der Waals surface area contributed by atoms with Crippen molar-refractivity contribution in [2.45, 2.75) is 18.6 Å². The molecule has 1 N–H and O–H groups in total. The zero-order chi connectivity index (χ0) is 25.3. The van der Waals surface area contributed by atoms with Crippen molar-refractivity contribution in [1.29, 1.82) is 0 Å². The molecule has 1 atom stereocenters. The van der Waals surface area contributed by atoms with Gasteiger partial charge in [-0.3, -0.25) is 19.5 Å². The first-order valence-corrected chi connectivity index (χ1v) is 11.2. The van der Waals surface area contributed by atoms with Crippen LogP contribution in [0.25, 0.3) is 11.1 Å². The molecule has 10 heteroatoms. The summed E-state index contributed by atoms with van der Waals surface area (Å²) >= 11 is 0. The molecule has 0 saturated carbocycles. The second kappa shape index (κ2) is 9.37. The Morgan fingerprint density at radius 3 is 2.61 bits per heavy atom. The smallest absolute Gasteiger partial charge is 0.352 e. The Kier molecular flexibility index (Phi) is 6.09. The molecule has 2 aromatic carbocycles. The maximum atomic E-state index is 13.4. The molecule has 0 spiro atoms. The van der Waals surface area contributed by atoms with E-state index in [1.807, 2.05) is 12.1 Å². The van der Waals surface area contributed by atoms with E-state index in [9.17, 15) is 22.8 Å². The number of benzene rings is 2. The van der Waals surface area contributed by atoms with Gasteiger partial charge in [0.1, 0.15) is 12.6 Å². The Hall–Kier alpha value is -4.34. The average molecular weight is 491 g/mol. The Balaban J connectivity index is 1.46. The maximum Gasteiger partial charge on any atom is 0.406 e. The van der Waals surface area contributed by atoms with Crippen molar-refractivity contribution in [3.8, 4) is 11.1 Å². The molecule has 3 heterocycles. The van der Waals surface area contributed by atoms with Crippen LogP contribution < -0.4 is 10.2 Å². The monoisotopic (exact) mass is 491 g/mol. The van der Waals surface area contributed by atoms with Gasteiger partial charge in [0.05, 0.1) is 17.5 Å². The normalized spacial score (nSPS) is 16.4. The van der Waals surface area contributed by atoms with Crippen molar-refractivity contribution < 1.29 is 22.8 Å². The number of azo groups is 1. The summed E-state index contributed by atoms with van der Waals surface area (Å²) < 4.78 is 40.1. The number of nitrogens with one attached hydrogen (secondary N) is 1. The van der Waals surface area contributed by atoms with E-state index < -0.39 is 24.7 Å². The molecule has 182 valence electrons. The van der Waals surface area contributed by atoms with Crippen LogP contribution in [-0.4, -0.2) is 36.1 Å². The molecule has 0 saturated heterocycles. The summed E-state index contributed by atoms with van der Waals surface area (Å²) in [5.74, 6) is -1.09. The zero-order valence-corrected chi connectivity index (χ0v) is 18.9. The molecule has 2 aliphatic rings. The van der Waals surface area contributed by atoms with Crippen LogP contribution in [0.15, 0.2) is 89.0 Å². The number of amides is 2. The average Bonchev–Trinajstić information content (AvgIpc) is 3.37. The third-order valence-corrected chi connectivity index (χ3v) is 6.05. The van der Waals surface area contributed by atoms with Crippen molar-refractivity contribution in [3.63, 3.8) is 0 Å². The number of carbonyl (C=O) groups is 2. The van der Waals surface area contributed by atoms with Gasteiger partial charge in [-0.25, -0.2) is 0 Å². The van der Waals surface area contributed by atoms with E-state index in [1.54, 1.807) is 48.8 Å². The lowest BCUT2D eigenvalue weighted by atomic mass is 9.89. The highest BCUT2D eigenvalue weighted by atomic mass is 19.4. The number of nitrogens with zero attached hydrogens (tertiary/aromatic N) is 4. The molecule has 0 radical (unpaired) electrons. The first-order valence-electron chi connectivity index (χ1n) is 11.2. The lowest BCUT2D eigenvalue weighted by molar-refractivity contribution is -0.130. The van der Waals surface area contributed by atoms with Crippen molar-refractivity contribution in [2.75, 3.05) is 18.0 Å². The minimum absolute atomic E-state index is 0.103. The Labute approximate surface area is 204 Å². The number of hydrogen-bond donors (Lipinski definition) is 1. The Bertz CT molecular complexity index is 1390. The number of carbonyl (C=O) groups excluding carboxylic acids is 2. The number of alkyl halides is 3. The number of rotatable bonds is 6. The van der Waals surface area contributed by atoms with Gasteiger partial charge in [0.2, 0.25) is 0 Å². The van der Waals surface area contributed by atoms with Gasteiger partial charge in [-0.2, -0.15) is 23.4 Å². The fourth-order valence-corrected chi connectivity index (χ4v) is 4.37. The molecule has 0 fully saturated rings. The van der Waals surface area contributed by atoms with E-state index in [4.69, 9.17) is 0 Å². The van der Waals surface area contributed by atoms with Gasteiger partial charge in [-0.1, -0.05) is 30.3 Å². The zero-order valence-electron chi connectivity index (χ0n) is 18.9. The van der Waals surface area contributed by atoms with E-state index >= 15 is 0 Å². The highest BCUT2D eigenvalue weighted by Crippen LogP contribution is 2.45. The van der Waals surface area contributed by atoms with E-state index in [0.717, 1.165) is 5.56 Å². The third kappa shape index (κ3) is 4.61. The van der Waals surface area contributed by atoms with Crippen molar-refractivity contribution in [2.24, 2.45) is 10.2 Å². The molecule has 2 amide bonds. The van der Waals surface area contributed by atoms with E-state index in [-0.39, 0.29) is 17.2 Å². The van der Waals surface area contributed by atoms with Crippen molar-refractivity contribution >= 4 is 17.5 Å². The minimum Gasteiger partial charge on any atom is -0.352 e. The van der Waals surface area contributed by atoms with E-state index in [1.165, 1.54) is 12.3 Å². The van der Waals surface area contributed by atoms with Gasteiger partial charge in [-0.15, -0.1) is 0 Å². The number of aromatic nitrogens is 1. The summed E-state index contributed by atoms with van der Waals surface area (Å²) in [6.07, 6.45) is 0.590. The molecule has 1 aromatic heterocycles. The van der Waals surface area contributed by atoms with Crippen LogP contribution in [0.5, 0.6) is 0 Å². The van der Waals surface area contributed by atoms with Crippen LogP contribution in [0, 0.1) is 0 Å². The fraction of sp³-hybridized carbons (Fsp3) is 0.192. The number of hydrogen-bond acceptors (Lipinski definition) is 5. The molecule has 5 rings (SSSR count). The fourth-order valence-electron chi connectivity index (χ4n) is 4.37. The first kappa shape index (κ1) is 23.4. The van der Waals surface area contributed by atoms with Crippen molar-refractivity contribution in [3.05, 3.63) is 95.5 Å². The molecule has 3 aromatic rings. The topological polar surface area (TPSA) is 87.0 Å². The van der Waals surface area contributed by atoms with Crippen LogP contribution in [0.4, 0.5) is 18.9 Å². The van der Waals surface area contributed by atoms with Crippen LogP contribution >= 0.6 is 0 Å². The third-order valence-electron chi connectivity index (χ3n) is 6.05. The van der Waals surface area contributed by atoms with Crippen LogP contribution in [0.1, 0.15) is 27.5 Å². The highest BCUT2D eigenvalue weighted by molar-refractivity contribution is 6.10. The molecule has 0 bridgehead atoms. The van der Waals surface area contributed by atoms with Gasteiger partial charge in [0.25, 0.3) is 11.8 Å². The lowest BCUT2D eigenvalue weighted by Crippen LogP contribution is -2.43. The molecule has 36 heavy (non-hydrogen) atoms. The lowest BCUT2D eigenvalue weighted by Gasteiger charge is -2.33. The summed E-state index contributed by atoms with van der Waals surface area (Å²) in [4.78, 5) is 30.5. The van der Waals surface area contributed by atoms with Gasteiger partial charge in [-0.05, 0) is 47.4 Å². The molecule has 2 aliphatic heterocycles. The van der Waals surface area contributed by atoms with Gasteiger partial charge in [0, 0.05) is 30.1 Å². The summed E-state index contributed by atoms with van der Waals surface area (Å²) in [5.41, 5.74) is 3.11. The number of pyridine rings is 1. The highest BCUT2D eigenvalue weighted by Gasteiger charge is 2.43. The standard InChI is InChI=1S/C26H20F3N5O2/c27-26(28,29)15-34-22-13-17(5-6-20(22)23-21(25(34)36)14-32-33-23)18-3-1-2-4-19(18)24(35)31-12-9-16-7-10-30-11-8-16/h1-8,10-11,13-14,23H,9,12,15H2,(H,31,35). The summed E-state index contributed by atoms with van der Waals surface area (Å²) in [7, 11) is 0. The molecular formula is C26H20F3N5O2. The first-order chi connectivity index (χ1) is 17.3. The van der Waals surface area contributed by atoms with E-state index in [0.29, 0.717) is 40.1 Å². The SMILES string of the molecule is O=C(NCCc1ccncc1)c1ccccc1-c1ccc2c(c1)N(CC(F)(F)F)C(=O)C1=CN=NC12. The number of anilines is 1. The van der Waals surface area contributed by atoms with Crippen molar-refractivity contribution in [1.82, 2.24) is 10.3 Å². The number of halogens is 3. The summed E-state index contributed by atoms with van der Waals surface area (Å²) in [5, 5.41) is 10.7. The summed E-state index contributed by atoms with van der Waals surface area (Å²) in [6.45, 7) is -1.04. The quantitative estimate of drug-likeness (QED) is 0.525. The summed E-state index contributed by atoms with van der Waals surface area (Å²) in [6, 6.07) is 14.7. The second-order valence-corrected chi connectivity index (χ2v) is 8.40. The number of fused-ring (bicyclic) bond motifs is 3. The second-order valence-electron chi connectivity index (χ2n) is 8.40. The molecule has 7 nitrogen and oxygen atoms in total. The Morgan fingerprint density at radius 2 is 1.83 bits per heavy atom. The predicted octanol–water partition coefficient (Wildman–Crippen LogP) is 5.02. The molecular weight excluding hydrogens is 471 g/mol. The van der Waals surface area contributed by atoms with Crippen LogP contribution in [-0.2, 0) is 11.2 Å². The predicted molar refractivity (Wildman–Crippen MR) is 126 cm³/mol. The molecule has 1 unspecified atom stereocenters. The maximum absolute atomic E-state index is 13.4. The van der Waals surface area contributed by atoms with Crippen LogP contribution in [0.2, 0.25) is 0 Å². The van der Waals surface area contributed by atoms with Crippen LogP contribution in [0.3, 0.4) is 0 Å². The minimum atomic E-state index is -4.60.